The Morgan fingerprint density at radius 3 is 1.47 bits per heavy atom. The van der Waals surface area contributed by atoms with E-state index in [1.54, 1.807) is 0 Å². The van der Waals surface area contributed by atoms with Crippen LogP contribution < -0.4 is 26.6 Å². The number of carbonyl (C=O) groups excluding carboxylic acids is 8. The van der Waals surface area contributed by atoms with Gasteiger partial charge in [0.2, 0.25) is 29.5 Å². The molecule has 5 aliphatic heterocycles. The van der Waals surface area contributed by atoms with Crippen LogP contribution in [0.25, 0.3) is 0 Å². The van der Waals surface area contributed by atoms with Gasteiger partial charge in [0.1, 0.15) is 97.6 Å². The van der Waals surface area contributed by atoms with Crippen molar-refractivity contribution in [1.29, 1.82) is 0 Å². The predicted octanol–water partition coefficient (Wildman–Crippen LogP) is -12.3. The van der Waals surface area contributed by atoms with E-state index in [0.717, 1.165) is 4.90 Å². The first-order valence-electron chi connectivity index (χ1n) is 27.7. The van der Waals surface area contributed by atoms with Gasteiger partial charge in [-0.25, -0.2) is 4.79 Å². The van der Waals surface area contributed by atoms with Gasteiger partial charge in [0.25, 0.3) is 11.8 Å². The molecule has 37 nitrogen and oxygen atoms in total. The van der Waals surface area contributed by atoms with Crippen LogP contribution in [0, 0.1) is 0 Å². The third kappa shape index (κ3) is 20.6. The van der Waals surface area contributed by atoms with Gasteiger partial charge in [-0.15, -0.1) is 5.06 Å². The molecular formula is C49H81N7O30. The lowest BCUT2D eigenvalue weighted by Gasteiger charge is -2.46. The molecule has 0 aromatic heterocycles. The molecule has 5 rings (SSSR count). The molecule has 7 amide bonds. The summed E-state index contributed by atoms with van der Waals surface area (Å²) in [7, 11) is 0. The van der Waals surface area contributed by atoms with Crippen LogP contribution in [0.15, 0.2) is 0 Å². The van der Waals surface area contributed by atoms with E-state index in [2.05, 4.69) is 26.6 Å². The SMILES string of the molecule is CC(NC(=O)CN(CC(=O)NCCCC(=O)NCCO[C@@H]1O[C@@H](C)[C@@H](O)[C@@H](O)[C@@H]1O)CC(=O)NCCCC(=O)NCCO[C@H]1O[C@H](CO[C@H]2O[C@H](CO)[C@@H](O)[C@H](O)[C@@H]2O)[C@@H](O)[C@H](O[C@H]2O[C@H](CO)[C@@H](O)[C@H](O)[C@@H]2O)[C@@H]1O)C(=O)ON1C(=O)CCC1=O. The maximum absolute atomic E-state index is 13.1. The molecule has 5 heterocycles. The Morgan fingerprint density at radius 1 is 0.523 bits per heavy atom. The molecule has 18 N–H and O–H groups in total. The van der Waals surface area contributed by atoms with Crippen LogP contribution in [0.2, 0.25) is 0 Å². The molecular weight excluding hydrogens is 1170 g/mol. The zero-order valence-corrected chi connectivity index (χ0v) is 47.0. The standard InChI is InChI=1S/C49H81N7O30/c1-21(45(77)86-56-31(64)7-8-32(56)65)54-30(63)17-55(15-28(61)50-9-3-5-26(59)52-11-13-78-46-40(73)37(70)33(66)22(2)81-46)16-29(62)51-10-4-6-27(60)53-12-14-79-48-43(76)44(85-49-42(75)39(72)35(68)24(19-58)83-49)36(69)25(84-48)20-80-47-41(74)38(71)34(67)23(18-57)82-47/h21-25,33-44,46-49,57-58,66-76H,3-20H2,1-2H3,(H,50,61)(H,51,62)(H,52,59)(H,53,60)(H,54,63)/t21?,22-,23+,24+,25+,33+,34+,35+,36+,37+,38-,39-,40-,41-,42-,43-,44-,46+,47-,48-,49+/m0/s1. The van der Waals surface area contributed by atoms with Crippen LogP contribution in [0.3, 0.4) is 0 Å². The van der Waals surface area contributed by atoms with E-state index < -0.39 is 222 Å². The number of ether oxygens (including phenoxy) is 8. The molecule has 0 aromatic carbocycles. The minimum absolute atomic E-state index is 0.0139. The van der Waals surface area contributed by atoms with Crippen molar-refractivity contribution < 1.29 is 147 Å². The van der Waals surface area contributed by atoms with Gasteiger partial charge in [-0.2, -0.15) is 0 Å². The highest BCUT2D eigenvalue weighted by Gasteiger charge is 2.52. The summed E-state index contributed by atoms with van der Waals surface area (Å²) in [6.07, 6.45) is -33.3. The third-order valence-electron chi connectivity index (χ3n) is 14.1. The Morgan fingerprint density at radius 2 is 0.953 bits per heavy atom. The molecule has 86 heavy (non-hydrogen) atoms. The molecule has 0 radical (unpaired) electrons. The predicted molar refractivity (Wildman–Crippen MR) is 275 cm³/mol. The zero-order chi connectivity index (χ0) is 63.5. The summed E-state index contributed by atoms with van der Waals surface area (Å²) in [4.78, 5) is 107. The van der Waals surface area contributed by atoms with Crippen LogP contribution in [0.1, 0.15) is 52.4 Å². The molecule has 37 heteroatoms. The lowest BCUT2D eigenvalue weighted by atomic mass is 9.96. The number of aliphatic hydroxyl groups excluding tert-OH is 13. The minimum Gasteiger partial charge on any atom is -0.394 e. The second-order valence-electron chi connectivity index (χ2n) is 20.8. The van der Waals surface area contributed by atoms with Crippen LogP contribution >= 0.6 is 0 Å². The van der Waals surface area contributed by atoms with E-state index in [-0.39, 0.29) is 76.4 Å². The second-order valence-corrected chi connectivity index (χ2v) is 20.8. The smallest absolute Gasteiger partial charge is 0.354 e. The lowest BCUT2D eigenvalue weighted by Crippen LogP contribution is -2.65. The van der Waals surface area contributed by atoms with E-state index in [0.29, 0.717) is 0 Å². The number of nitrogens with zero attached hydrogens (tertiary/aromatic N) is 2. The summed E-state index contributed by atoms with van der Waals surface area (Å²) >= 11 is 0. The molecule has 5 saturated heterocycles. The van der Waals surface area contributed by atoms with E-state index in [9.17, 15) is 105 Å². The molecule has 0 bridgehead atoms. The largest absolute Gasteiger partial charge is 0.394 e. The quantitative estimate of drug-likeness (QED) is 0.0220. The summed E-state index contributed by atoms with van der Waals surface area (Å²) < 4.78 is 44.0. The first-order chi connectivity index (χ1) is 40.8. The summed E-state index contributed by atoms with van der Waals surface area (Å²) in [6, 6.07) is -1.41. The fraction of sp³-hybridized carbons (Fsp3) is 0.837. The average molecular weight is 1250 g/mol. The Kier molecular flexibility index (Phi) is 29.0. The summed E-state index contributed by atoms with van der Waals surface area (Å²) in [6.45, 7) is -2.36. The Bertz CT molecular complexity index is 2210. The highest BCUT2D eigenvalue weighted by molar-refractivity contribution is 6.02. The molecule has 492 valence electrons. The highest BCUT2D eigenvalue weighted by Crippen LogP contribution is 2.31. The number of hydrogen-bond acceptors (Lipinski definition) is 31. The van der Waals surface area contributed by atoms with E-state index in [4.69, 9.17) is 42.7 Å². The Hall–Kier alpha value is -4.92. The van der Waals surface area contributed by atoms with E-state index in [1.807, 2.05) is 0 Å². The third-order valence-corrected chi connectivity index (χ3v) is 14.1. The highest BCUT2D eigenvalue weighted by atomic mass is 16.8. The summed E-state index contributed by atoms with van der Waals surface area (Å²) in [5.74, 6) is -5.95. The van der Waals surface area contributed by atoms with Crippen LogP contribution in [0.5, 0.6) is 0 Å². The van der Waals surface area contributed by atoms with Gasteiger partial charge in [-0.3, -0.25) is 38.5 Å². The van der Waals surface area contributed by atoms with Crippen LogP contribution in [0.4, 0.5) is 0 Å². The number of carbonyl (C=O) groups is 8. The number of aliphatic hydroxyl groups is 13. The zero-order valence-electron chi connectivity index (χ0n) is 47.0. The first-order valence-corrected chi connectivity index (χ1v) is 27.7. The van der Waals surface area contributed by atoms with Crippen molar-refractivity contribution >= 4 is 47.3 Å². The molecule has 0 aromatic rings. The second kappa shape index (κ2) is 34.7. The maximum Gasteiger partial charge on any atom is 0.354 e. The fourth-order valence-electron chi connectivity index (χ4n) is 9.14. The Labute approximate surface area is 490 Å². The van der Waals surface area contributed by atoms with Gasteiger partial charge in [-0.1, -0.05) is 0 Å². The van der Waals surface area contributed by atoms with Gasteiger partial charge in [0.15, 0.2) is 25.2 Å². The number of hydroxylamine groups is 2. The van der Waals surface area contributed by atoms with Crippen LogP contribution in [-0.4, -0.2) is 331 Å². The van der Waals surface area contributed by atoms with Gasteiger partial charge >= 0.3 is 5.97 Å². The van der Waals surface area contributed by atoms with E-state index >= 15 is 0 Å². The fourth-order valence-corrected chi connectivity index (χ4v) is 9.14. The first kappa shape index (κ1) is 71.8. The molecule has 0 saturated carbocycles. The number of amides is 7. The average Bonchev–Trinajstić information content (AvgIpc) is 1.49. The summed E-state index contributed by atoms with van der Waals surface area (Å²) in [5, 5.41) is 146. The van der Waals surface area contributed by atoms with Gasteiger partial charge in [0, 0.05) is 51.9 Å². The monoisotopic (exact) mass is 1250 g/mol. The van der Waals surface area contributed by atoms with Crippen molar-refractivity contribution in [3.8, 4) is 0 Å². The van der Waals surface area contributed by atoms with Crippen LogP contribution in [-0.2, 0) is 81.1 Å². The number of rotatable bonds is 32. The molecule has 0 spiro atoms. The Balaban J connectivity index is 1.08. The van der Waals surface area contributed by atoms with Gasteiger partial charge < -0.3 is 136 Å². The molecule has 0 aliphatic carbocycles. The molecule has 21 atom stereocenters. The molecule has 1 unspecified atom stereocenters. The van der Waals surface area contributed by atoms with Crippen molar-refractivity contribution in [2.24, 2.45) is 0 Å². The minimum atomic E-state index is -1.98. The van der Waals surface area contributed by atoms with Gasteiger partial charge in [0.05, 0.1) is 58.8 Å². The van der Waals surface area contributed by atoms with Crippen molar-refractivity contribution in [2.75, 3.05) is 78.8 Å². The molecule has 5 fully saturated rings. The topological polar surface area (TPSA) is 549 Å². The lowest BCUT2D eigenvalue weighted by molar-refractivity contribution is -0.366. The summed E-state index contributed by atoms with van der Waals surface area (Å²) in [5.41, 5.74) is 0. The van der Waals surface area contributed by atoms with Crippen molar-refractivity contribution in [1.82, 2.24) is 36.5 Å². The van der Waals surface area contributed by atoms with Crippen molar-refractivity contribution in [3.05, 3.63) is 0 Å². The molecule has 5 aliphatic rings. The number of imide groups is 1. The van der Waals surface area contributed by atoms with E-state index in [1.165, 1.54) is 13.8 Å². The van der Waals surface area contributed by atoms with Crippen molar-refractivity contribution in [2.45, 2.75) is 181 Å². The number of nitrogens with one attached hydrogen (secondary N) is 5. The number of hydrogen-bond donors (Lipinski definition) is 18. The van der Waals surface area contributed by atoms with Gasteiger partial charge in [-0.05, 0) is 26.7 Å². The van der Waals surface area contributed by atoms with Crippen molar-refractivity contribution in [3.63, 3.8) is 0 Å². The normalized spacial score (nSPS) is 34.3. The maximum atomic E-state index is 13.1.